The van der Waals surface area contributed by atoms with Crippen molar-refractivity contribution in [1.82, 2.24) is 10.6 Å². The molecule has 5 heteroatoms. The van der Waals surface area contributed by atoms with E-state index in [1.807, 2.05) is 6.92 Å². The molecule has 0 radical (unpaired) electrons. The third kappa shape index (κ3) is 5.57. The number of urea groups is 1. The summed E-state index contributed by atoms with van der Waals surface area (Å²) in [6, 6.07) is -1.83. The Hall–Kier alpha value is -1.70. The van der Waals surface area contributed by atoms with Crippen LogP contribution >= 0.6 is 0 Å². The third-order valence-corrected chi connectivity index (χ3v) is 1.78. The van der Waals surface area contributed by atoms with E-state index in [9.17, 15) is 9.59 Å². The molecule has 84 valence electrons. The topological polar surface area (TPSA) is 78.4 Å². The van der Waals surface area contributed by atoms with Crippen LogP contribution in [-0.4, -0.2) is 29.2 Å². The Balaban J connectivity index is 4.12. The molecular formula is C10H16N2O3. The lowest BCUT2D eigenvalue weighted by Crippen LogP contribution is -2.48. The van der Waals surface area contributed by atoms with Crippen molar-refractivity contribution >= 4 is 12.0 Å². The number of hydrogen-bond acceptors (Lipinski definition) is 2. The molecule has 0 aliphatic heterocycles. The smallest absolute Gasteiger partial charge is 0.326 e. The Morgan fingerprint density at radius 1 is 1.47 bits per heavy atom. The summed E-state index contributed by atoms with van der Waals surface area (Å²) < 4.78 is 0. The second-order valence-electron chi connectivity index (χ2n) is 3.19. The first-order chi connectivity index (χ1) is 7.01. The molecule has 2 amide bonds. The number of carbonyl (C=O) groups excluding carboxylic acids is 1. The van der Waals surface area contributed by atoms with Crippen LogP contribution in [0.3, 0.4) is 0 Å². The van der Waals surface area contributed by atoms with Crippen molar-refractivity contribution < 1.29 is 14.7 Å². The maximum Gasteiger partial charge on any atom is 0.326 e. The van der Waals surface area contributed by atoms with Crippen molar-refractivity contribution in [3.05, 3.63) is 0 Å². The highest BCUT2D eigenvalue weighted by Crippen LogP contribution is 1.96. The minimum atomic E-state index is -1.04. The molecule has 0 heterocycles. The molecule has 15 heavy (non-hydrogen) atoms. The number of amides is 2. The van der Waals surface area contributed by atoms with Gasteiger partial charge in [-0.1, -0.05) is 19.3 Å². The van der Waals surface area contributed by atoms with Crippen molar-refractivity contribution in [3.8, 4) is 12.3 Å². The van der Waals surface area contributed by atoms with Gasteiger partial charge in [0.25, 0.3) is 0 Å². The minimum Gasteiger partial charge on any atom is -0.480 e. The zero-order valence-corrected chi connectivity index (χ0v) is 8.91. The Labute approximate surface area is 89.2 Å². The molecule has 0 rings (SSSR count). The van der Waals surface area contributed by atoms with Crippen molar-refractivity contribution in [2.45, 2.75) is 38.8 Å². The van der Waals surface area contributed by atoms with E-state index in [0.29, 0.717) is 12.8 Å². The molecule has 0 aliphatic rings. The Morgan fingerprint density at radius 2 is 2.07 bits per heavy atom. The molecule has 5 nitrogen and oxygen atoms in total. The van der Waals surface area contributed by atoms with Crippen molar-refractivity contribution in [1.29, 1.82) is 0 Å². The first kappa shape index (κ1) is 13.3. The molecular weight excluding hydrogens is 196 g/mol. The van der Waals surface area contributed by atoms with Gasteiger partial charge in [0.15, 0.2) is 0 Å². The van der Waals surface area contributed by atoms with Gasteiger partial charge >= 0.3 is 12.0 Å². The van der Waals surface area contributed by atoms with Gasteiger partial charge in [0, 0.05) is 0 Å². The van der Waals surface area contributed by atoms with Gasteiger partial charge in [0.05, 0.1) is 6.04 Å². The Bertz CT molecular complexity index is 270. The molecule has 0 spiro atoms. The van der Waals surface area contributed by atoms with Crippen LogP contribution < -0.4 is 10.6 Å². The zero-order chi connectivity index (χ0) is 11.8. The number of carbonyl (C=O) groups is 2. The molecule has 0 fully saturated rings. The number of hydrogen-bond donors (Lipinski definition) is 3. The summed E-state index contributed by atoms with van der Waals surface area (Å²) >= 11 is 0. The highest BCUT2D eigenvalue weighted by Gasteiger charge is 2.18. The lowest BCUT2D eigenvalue weighted by Gasteiger charge is -2.15. The van der Waals surface area contributed by atoms with Gasteiger partial charge in [0.2, 0.25) is 0 Å². The van der Waals surface area contributed by atoms with Gasteiger partial charge in [-0.2, -0.15) is 0 Å². The number of carboxylic acids is 1. The van der Waals surface area contributed by atoms with E-state index in [1.54, 1.807) is 6.92 Å². The van der Waals surface area contributed by atoms with Crippen molar-refractivity contribution in [3.63, 3.8) is 0 Å². The maximum absolute atomic E-state index is 11.2. The van der Waals surface area contributed by atoms with Crippen LogP contribution in [0.15, 0.2) is 0 Å². The van der Waals surface area contributed by atoms with Crippen LogP contribution in [0.25, 0.3) is 0 Å². The average Bonchev–Trinajstić information content (AvgIpc) is 2.16. The predicted octanol–water partition coefficient (Wildman–Crippen LogP) is 0.561. The highest BCUT2D eigenvalue weighted by molar-refractivity contribution is 5.82. The molecule has 0 aliphatic carbocycles. The number of aliphatic carboxylic acids is 1. The van der Waals surface area contributed by atoms with Crippen LogP contribution in [0.5, 0.6) is 0 Å². The first-order valence-electron chi connectivity index (χ1n) is 4.77. The van der Waals surface area contributed by atoms with Gasteiger partial charge in [0.1, 0.15) is 6.04 Å². The SMILES string of the molecule is C#CC(C)NC(=O)N[C@@H](CCC)C(=O)O. The molecule has 2 atom stereocenters. The zero-order valence-electron chi connectivity index (χ0n) is 8.91. The molecule has 3 N–H and O–H groups in total. The summed E-state index contributed by atoms with van der Waals surface area (Å²) in [4.78, 5) is 21.9. The van der Waals surface area contributed by atoms with Crippen LogP contribution in [0, 0.1) is 12.3 Å². The number of terminal acetylenes is 1. The van der Waals surface area contributed by atoms with Gasteiger partial charge in [-0.15, -0.1) is 6.42 Å². The van der Waals surface area contributed by atoms with Crippen LogP contribution in [-0.2, 0) is 4.79 Å². The maximum atomic E-state index is 11.2. The predicted molar refractivity (Wildman–Crippen MR) is 56.3 cm³/mol. The molecule has 0 bridgehead atoms. The first-order valence-corrected chi connectivity index (χ1v) is 4.77. The van der Waals surface area contributed by atoms with E-state index in [2.05, 4.69) is 16.6 Å². The van der Waals surface area contributed by atoms with Gasteiger partial charge in [-0.3, -0.25) is 0 Å². The van der Waals surface area contributed by atoms with E-state index in [0.717, 1.165) is 0 Å². The monoisotopic (exact) mass is 212 g/mol. The molecule has 0 aromatic carbocycles. The van der Waals surface area contributed by atoms with E-state index in [-0.39, 0.29) is 0 Å². The average molecular weight is 212 g/mol. The lowest BCUT2D eigenvalue weighted by molar-refractivity contribution is -0.139. The van der Waals surface area contributed by atoms with Crippen molar-refractivity contribution in [2.75, 3.05) is 0 Å². The second-order valence-corrected chi connectivity index (χ2v) is 3.19. The second kappa shape index (κ2) is 6.71. The fourth-order valence-electron chi connectivity index (χ4n) is 0.984. The summed E-state index contributed by atoms with van der Waals surface area (Å²) in [5, 5.41) is 13.5. The quantitative estimate of drug-likeness (QED) is 0.583. The molecule has 0 aromatic heterocycles. The number of nitrogens with one attached hydrogen (secondary N) is 2. The molecule has 0 saturated heterocycles. The Kier molecular flexibility index (Phi) is 5.95. The van der Waals surface area contributed by atoms with Gasteiger partial charge < -0.3 is 15.7 Å². The normalized spacial score (nSPS) is 13.4. The molecule has 1 unspecified atom stereocenters. The number of carboxylic acid groups (broad SMARTS) is 1. The largest absolute Gasteiger partial charge is 0.480 e. The highest BCUT2D eigenvalue weighted by atomic mass is 16.4. The summed E-state index contributed by atoms with van der Waals surface area (Å²) in [5.41, 5.74) is 0. The van der Waals surface area contributed by atoms with E-state index < -0.39 is 24.1 Å². The van der Waals surface area contributed by atoms with E-state index in [4.69, 9.17) is 11.5 Å². The number of rotatable bonds is 5. The summed E-state index contributed by atoms with van der Waals surface area (Å²) in [6.45, 7) is 3.48. The van der Waals surface area contributed by atoms with E-state index in [1.165, 1.54) is 0 Å². The molecule has 0 aromatic rings. The standard InChI is InChI=1S/C10H16N2O3/c1-4-6-8(9(13)14)12-10(15)11-7(3)5-2/h2,7-8H,4,6H2,1,3H3,(H,13,14)(H2,11,12,15)/t7?,8-/m0/s1. The van der Waals surface area contributed by atoms with Crippen LogP contribution in [0.1, 0.15) is 26.7 Å². The van der Waals surface area contributed by atoms with Gasteiger partial charge in [-0.25, -0.2) is 9.59 Å². The van der Waals surface area contributed by atoms with Gasteiger partial charge in [-0.05, 0) is 13.3 Å². The Morgan fingerprint density at radius 3 is 2.47 bits per heavy atom. The van der Waals surface area contributed by atoms with Crippen molar-refractivity contribution in [2.24, 2.45) is 0 Å². The summed E-state index contributed by atoms with van der Waals surface area (Å²) in [6.07, 6.45) is 6.14. The fraction of sp³-hybridized carbons (Fsp3) is 0.600. The van der Waals surface area contributed by atoms with Crippen LogP contribution in [0.4, 0.5) is 4.79 Å². The fourth-order valence-corrected chi connectivity index (χ4v) is 0.984. The molecule has 0 saturated carbocycles. The lowest BCUT2D eigenvalue weighted by atomic mass is 10.2. The summed E-state index contributed by atoms with van der Waals surface area (Å²) in [7, 11) is 0. The van der Waals surface area contributed by atoms with Crippen LogP contribution in [0.2, 0.25) is 0 Å². The third-order valence-electron chi connectivity index (χ3n) is 1.78. The summed E-state index contributed by atoms with van der Waals surface area (Å²) in [5.74, 6) is 1.27. The van der Waals surface area contributed by atoms with E-state index >= 15 is 0 Å². The minimum absolute atomic E-state index is 0.396.